The normalized spacial score (nSPS) is 12.9. The molecule has 0 bridgehead atoms. The summed E-state index contributed by atoms with van der Waals surface area (Å²) in [5.41, 5.74) is -4.83. The van der Waals surface area contributed by atoms with Gasteiger partial charge in [0.15, 0.2) is 0 Å². The van der Waals surface area contributed by atoms with Crippen molar-refractivity contribution in [2.75, 3.05) is 0 Å². The molecule has 0 saturated carbocycles. The van der Waals surface area contributed by atoms with E-state index in [2.05, 4.69) is 6.07 Å². The maximum absolute atomic E-state index is 12.9. The van der Waals surface area contributed by atoms with Gasteiger partial charge in [-0.15, -0.1) is 0 Å². The van der Waals surface area contributed by atoms with Crippen LogP contribution in [-0.2, 0) is 10.2 Å². The second kappa shape index (κ2) is 3.18. The van der Waals surface area contributed by atoms with Crippen LogP contribution in [0, 0.1) is 6.07 Å². The summed E-state index contributed by atoms with van der Waals surface area (Å²) >= 11 is 0. The second-order valence-corrected chi connectivity index (χ2v) is 4.02. The molecule has 0 unspecified atom stereocenters. The quantitative estimate of drug-likeness (QED) is 0.726. The Hall–Kier alpha value is -0.770. The zero-order valence-corrected chi connectivity index (χ0v) is 7.21. The molecular formula is C7H6F2O3P. The van der Waals surface area contributed by atoms with Crippen LogP contribution in [0.2, 0.25) is 0 Å². The van der Waals surface area contributed by atoms with E-state index >= 15 is 0 Å². The number of alkyl halides is 2. The summed E-state index contributed by atoms with van der Waals surface area (Å²) < 4.78 is 36.2. The molecule has 0 amide bonds. The molecule has 0 fully saturated rings. The van der Waals surface area contributed by atoms with E-state index in [1.54, 1.807) is 0 Å². The SMILES string of the molecule is O=P(O)(O)C(F)(F)c1cc[c]cc1. The van der Waals surface area contributed by atoms with Crippen LogP contribution in [0.3, 0.4) is 0 Å². The molecule has 1 aromatic carbocycles. The molecular weight excluding hydrogens is 201 g/mol. The van der Waals surface area contributed by atoms with Crippen LogP contribution in [0.15, 0.2) is 24.3 Å². The van der Waals surface area contributed by atoms with Gasteiger partial charge < -0.3 is 9.79 Å². The average molecular weight is 207 g/mol. The Morgan fingerprint density at radius 1 is 1.31 bits per heavy atom. The van der Waals surface area contributed by atoms with Crippen molar-refractivity contribution >= 4 is 7.60 Å². The third kappa shape index (κ3) is 1.94. The largest absolute Gasteiger partial charge is 0.399 e. The maximum atomic E-state index is 12.9. The fourth-order valence-electron chi connectivity index (χ4n) is 0.756. The van der Waals surface area contributed by atoms with Crippen molar-refractivity contribution in [1.29, 1.82) is 0 Å². The summed E-state index contributed by atoms with van der Waals surface area (Å²) in [4.78, 5) is 16.7. The summed E-state index contributed by atoms with van der Waals surface area (Å²) in [5.74, 6) is 0. The monoisotopic (exact) mass is 207 g/mol. The van der Waals surface area contributed by atoms with Crippen LogP contribution in [0.4, 0.5) is 8.78 Å². The topological polar surface area (TPSA) is 57.5 Å². The van der Waals surface area contributed by atoms with E-state index in [1.165, 1.54) is 12.1 Å². The first kappa shape index (κ1) is 10.3. The second-order valence-electron chi connectivity index (χ2n) is 2.37. The standard InChI is InChI=1S/C7H6F2O3P/c8-7(9,13(10,11)12)6-4-2-1-3-5-6/h2-5H,(H2,10,11,12). The maximum Gasteiger partial charge on any atom is 0.399 e. The minimum atomic E-state index is -5.44. The zero-order valence-electron chi connectivity index (χ0n) is 6.32. The lowest BCUT2D eigenvalue weighted by Gasteiger charge is -2.17. The highest BCUT2D eigenvalue weighted by Crippen LogP contribution is 2.58. The van der Waals surface area contributed by atoms with Crippen molar-refractivity contribution in [3.63, 3.8) is 0 Å². The van der Waals surface area contributed by atoms with E-state index in [4.69, 9.17) is 9.79 Å². The molecule has 1 radical (unpaired) electrons. The molecule has 0 aliphatic carbocycles. The summed E-state index contributed by atoms with van der Waals surface area (Å²) in [7, 11) is -5.44. The Bertz CT molecular complexity index is 333. The van der Waals surface area contributed by atoms with Crippen molar-refractivity contribution in [1.82, 2.24) is 0 Å². The number of hydrogen-bond acceptors (Lipinski definition) is 1. The summed E-state index contributed by atoms with van der Waals surface area (Å²) in [6.07, 6.45) is 0. The number of hydrogen-bond donors (Lipinski definition) is 2. The Morgan fingerprint density at radius 2 is 1.77 bits per heavy atom. The third-order valence-electron chi connectivity index (χ3n) is 1.43. The van der Waals surface area contributed by atoms with E-state index in [-0.39, 0.29) is 0 Å². The van der Waals surface area contributed by atoms with Crippen molar-refractivity contribution < 1.29 is 23.1 Å². The molecule has 71 valence electrons. The summed E-state index contributed by atoms with van der Waals surface area (Å²) in [6, 6.07) is 6.63. The highest BCUT2D eigenvalue weighted by Gasteiger charge is 2.50. The first-order chi connectivity index (χ1) is 5.86. The zero-order chi connectivity index (χ0) is 10.1. The van der Waals surface area contributed by atoms with Crippen LogP contribution in [0.5, 0.6) is 0 Å². The van der Waals surface area contributed by atoms with E-state index in [9.17, 15) is 13.3 Å². The van der Waals surface area contributed by atoms with Crippen LogP contribution >= 0.6 is 7.60 Å². The minimum absolute atomic E-state index is 0.709. The van der Waals surface area contributed by atoms with Gasteiger partial charge in [0.1, 0.15) is 0 Å². The summed E-state index contributed by atoms with van der Waals surface area (Å²) in [6.45, 7) is 0. The van der Waals surface area contributed by atoms with E-state index in [0.717, 1.165) is 12.1 Å². The molecule has 0 atom stereocenters. The Labute approximate surface area is 73.2 Å². The van der Waals surface area contributed by atoms with Gasteiger partial charge in [-0.05, 0) is 6.07 Å². The Balaban J connectivity index is 3.16. The highest BCUT2D eigenvalue weighted by atomic mass is 31.2. The number of rotatable bonds is 2. The molecule has 2 N–H and O–H groups in total. The van der Waals surface area contributed by atoms with Gasteiger partial charge in [0, 0.05) is 5.56 Å². The molecule has 0 aliphatic heterocycles. The van der Waals surface area contributed by atoms with Gasteiger partial charge in [-0.1, -0.05) is 24.3 Å². The molecule has 0 spiro atoms. The minimum Gasteiger partial charge on any atom is -0.320 e. The fraction of sp³-hybridized carbons (Fsp3) is 0.143. The third-order valence-corrected chi connectivity index (χ3v) is 2.42. The molecule has 0 aliphatic rings. The van der Waals surface area contributed by atoms with E-state index in [1.807, 2.05) is 0 Å². The smallest absolute Gasteiger partial charge is 0.320 e. The van der Waals surface area contributed by atoms with Crippen molar-refractivity contribution in [2.45, 2.75) is 5.66 Å². The van der Waals surface area contributed by atoms with E-state index in [0.29, 0.717) is 0 Å². The van der Waals surface area contributed by atoms with Gasteiger partial charge >= 0.3 is 13.3 Å². The van der Waals surface area contributed by atoms with Crippen LogP contribution in [0.1, 0.15) is 5.56 Å². The Morgan fingerprint density at radius 3 is 2.15 bits per heavy atom. The van der Waals surface area contributed by atoms with Crippen LogP contribution in [0.25, 0.3) is 0 Å². The highest BCUT2D eigenvalue weighted by molar-refractivity contribution is 7.52. The van der Waals surface area contributed by atoms with Gasteiger partial charge in [-0.3, -0.25) is 4.57 Å². The fourth-order valence-corrected chi connectivity index (χ4v) is 1.24. The Kier molecular flexibility index (Phi) is 2.52. The lowest BCUT2D eigenvalue weighted by atomic mass is 10.2. The molecule has 1 aromatic rings. The van der Waals surface area contributed by atoms with Gasteiger partial charge in [0.05, 0.1) is 0 Å². The van der Waals surface area contributed by atoms with Gasteiger partial charge in [0.2, 0.25) is 0 Å². The van der Waals surface area contributed by atoms with E-state index < -0.39 is 18.8 Å². The predicted molar refractivity (Wildman–Crippen MR) is 41.2 cm³/mol. The molecule has 1 rings (SSSR count). The lowest BCUT2D eigenvalue weighted by molar-refractivity contribution is 0.0564. The predicted octanol–water partition coefficient (Wildman–Crippen LogP) is 1.71. The van der Waals surface area contributed by atoms with Gasteiger partial charge in [-0.2, -0.15) is 8.78 Å². The van der Waals surface area contributed by atoms with Crippen molar-refractivity contribution in [3.05, 3.63) is 35.9 Å². The summed E-state index contributed by atoms with van der Waals surface area (Å²) in [5, 5.41) is 0. The first-order valence-corrected chi connectivity index (χ1v) is 4.87. The first-order valence-electron chi connectivity index (χ1n) is 3.26. The average Bonchev–Trinajstić information content (AvgIpc) is 2.04. The van der Waals surface area contributed by atoms with Crippen LogP contribution in [-0.4, -0.2) is 9.79 Å². The molecule has 6 heteroatoms. The van der Waals surface area contributed by atoms with Crippen LogP contribution < -0.4 is 0 Å². The number of benzene rings is 1. The van der Waals surface area contributed by atoms with Gasteiger partial charge in [0.25, 0.3) is 0 Å². The lowest BCUT2D eigenvalue weighted by Crippen LogP contribution is -2.13. The van der Waals surface area contributed by atoms with Crippen molar-refractivity contribution in [3.8, 4) is 0 Å². The molecule has 0 saturated heterocycles. The molecule has 0 heterocycles. The van der Waals surface area contributed by atoms with Crippen molar-refractivity contribution in [2.24, 2.45) is 0 Å². The molecule has 3 nitrogen and oxygen atoms in total. The van der Waals surface area contributed by atoms with Gasteiger partial charge in [-0.25, -0.2) is 0 Å². The molecule has 13 heavy (non-hydrogen) atoms. The number of halogens is 2. The molecule has 0 aromatic heterocycles.